The van der Waals surface area contributed by atoms with Gasteiger partial charge < -0.3 is 4.74 Å². The van der Waals surface area contributed by atoms with E-state index in [1.807, 2.05) is 24.3 Å². The molecule has 0 saturated heterocycles. The fourth-order valence-electron chi connectivity index (χ4n) is 1.24. The summed E-state index contributed by atoms with van der Waals surface area (Å²) >= 11 is 0. The molecule has 0 N–H and O–H groups in total. The molecule has 3 heteroatoms. The van der Waals surface area contributed by atoms with Gasteiger partial charge in [0.25, 0.3) is 0 Å². The van der Waals surface area contributed by atoms with Gasteiger partial charge in [0.05, 0.1) is 0 Å². The van der Waals surface area contributed by atoms with Crippen LogP contribution in [0.3, 0.4) is 0 Å². The van der Waals surface area contributed by atoms with Crippen molar-refractivity contribution < 1.29 is 4.74 Å². The second kappa shape index (κ2) is 4.66. The number of pyridine rings is 1. The van der Waals surface area contributed by atoms with Gasteiger partial charge in [-0.05, 0) is 17.7 Å². The molecule has 1 heterocycles. The first kappa shape index (κ1) is 10.5. The highest BCUT2D eigenvalue weighted by Gasteiger charge is 1.97. The van der Waals surface area contributed by atoms with Crippen molar-refractivity contribution in [2.75, 3.05) is 0 Å². The second-order valence-corrected chi connectivity index (χ2v) is 3.30. The van der Waals surface area contributed by atoms with Crippen LogP contribution in [0.1, 0.15) is 5.56 Å². The van der Waals surface area contributed by atoms with Crippen LogP contribution in [0, 0.1) is 0 Å². The Bertz CT molecular complexity index is 476. The topological polar surface area (TPSA) is 22.1 Å². The van der Waals surface area contributed by atoms with E-state index in [1.54, 1.807) is 24.4 Å². The molecule has 0 aliphatic carbocycles. The van der Waals surface area contributed by atoms with Crippen LogP contribution in [-0.4, -0.2) is 12.8 Å². The van der Waals surface area contributed by atoms with Gasteiger partial charge in [-0.2, -0.15) is 0 Å². The van der Waals surface area contributed by atoms with Crippen LogP contribution in [0.4, 0.5) is 0 Å². The summed E-state index contributed by atoms with van der Waals surface area (Å²) in [5.74, 6) is 1.27. The Morgan fingerprint density at radius 3 is 2.44 bits per heavy atom. The van der Waals surface area contributed by atoms with Crippen molar-refractivity contribution in [3.05, 3.63) is 54.7 Å². The number of aromatic nitrogens is 1. The highest BCUT2D eigenvalue weighted by molar-refractivity contribution is 6.32. The summed E-state index contributed by atoms with van der Waals surface area (Å²) in [6.07, 6.45) is 3.35. The van der Waals surface area contributed by atoms with Gasteiger partial charge in [0.1, 0.15) is 13.6 Å². The van der Waals surface area contributed by atoms with Crippen molar-refractivity contribution >= 4 is 19.4 Å². The van der Waals surface area contributed by atoms with Crippen molar-refractivity contribution in [1.29, 1.82) is 0 Å². The molecule has 0 fully saturated rings. The number of benzene rings is 1. The van der Waals surface area contributed by atoms with E-state index in [-0.39, 0.29) is 0 Å². The molecule has 2 nitrogen and oxygen atoms in total. The third kappa shape index (κ3) is 2.51. The van der Waals surface area contributed by atoms with Gasteiger partial charge >= 0.3 is 0 Å². The molecule has 0 atom stereocenters. The zero-order valence-electron chi connectivity index (χ0n) is 8.76. The summed E-state index contributed by atoms with van der Waals surface area (Å²) in [5, 5.41) is 0. The van der Waals surface area contributed by atoms with Gasteiger partial charge in [-0.25, -0.2) is 4.98 Å². The summed E-state index contributed by atoms with van der Waals surface area (Å²) in [4.78, 5) is 4.05. The lowest BCUT2D eigenvalue weighted by atomic mass is 9.99. The lowest BCUT2D eigenvalue weighted by molar-refractivity contribution is 0.463. The predicted molar refractivity (Wildman–Crippen MR) is 66.2 cm³/mol. The maximum Gasteiger partial charge on any atom is 0.219 e. The highest BCUT2D eigenvalue weighted by atomic mass is 16.5. The van der Waals surface area contributed by atoms with Crippen LogP contribution < -0.4 is 10.2 Å². The van der Waals surface area contributed by atoms with Crippen LogP contribution in [-0.2, 0) is 0 Å². The van der Waals surface area contributed by atoms with Gasteiger partial charge in [0, 0.05) is 12.3 Å². The highest BCUT2D eigenvalue weighted by Crippen LogP contribution is 2.19. The van der Waals surface area contributed by atoms with Gasteiger partial charge in [-0.1, -0.05) is 36.3 Å². The van der Waals surface area contributed by atoms with E-state index < -0.39 is 0 Å². The fourth-order valence-corrected chi connectivity index (χ4v) is 1.24. The third-order valence-corrected chi connectivity index (χ3v) is 2.10. The SMILES string of the molecule is [B]c1ccc(Oc2ccc(C=C)cc2)nc1. The van der Waals surface area contributed by atoms with Crippen LogP contribution in [0.5, 0.6) is 11.6 Å². The summed E-state index contributed by atoms with van der Waals surface area (Å²) < 4.78 is 5.53. The van der Waals surface area contributed by atoms with Gasteiger partial charge in [0.2, 0.25) is 5.88 Å². The van der Waals surface area contributed by atoms with Gasteiger partial charge in [0.15, 0.2) is 0 Å². The van der Waals surface area contributed by atoms with Crippen LogP contribution in [0.25, 0.3) is 6.08 Å². The molecule has 0 saturated carbocycles. The molecule has 16 heavy (non-hydrogen) atoms. The Hall–Kier alpha value is -2.03. The molecule has 2 radical (unpaired) electrons. The van der Waals surface area contributed by atoms with E-state index in [0.29, 0.717) is 11.3 Å². The molecule has 0 spiro atoms. The number of ether oxygens (including phenoxy) is 1. The molecule has 0 aliphatic heterocycles. The average molecular weight is 207 g/mol. The predicted octanol–water partition coefficient (Wildman–Crippen LogP) is 2.31. The lowest BCUT2D eigenvalue weighted by Crippen LogP contribution is -2.02. The van der Waals surface area contributed by atoms with Crippen molar-refractivity contribution in [1.82, 2.24) is 4.98 Å². The summed E-state index contributed by atoms with van der Waals surface area (Å²) in [6, 6.07) is 11.1. The van der Waals surface area contributed by atoms with E-state index in [0.717, 1.165) is 11.3 Å². The van der Waals surface area contributed by atoms with Crippen molar-refractivity contribution in [3.63, 3.8) is 0 Å². The number of hydrogen-bond donors (Lipinski definition) is 0. The standard InChI is InChI=1S/C13H10BNO/c1-2-10-3-6-12(7-4-10)16-13-8-5-11(14)9-15-13/h2-9H,1H2. The largest absolute Gasteiger partial charge is 0.439 e. The zero-order chi connectivity index (χ0) is 11.4. The smallest absolute Gasteiger partial charge is 0.219 e. The monoisotopic (exact) mass is 207 g/mol. The van der Waals surface area contributed by atoms with Crippen molar-refractivity contribution in [2.24, 2.45) is 0 Å². The van der Waals surface area contributed by atoms with E-state index in [2.05, 4.69) is 11.6 Å². The molecule has 1 aromatic heterocycles. The Morgan fingerprint density at radius 1 is 1.12 bits per heavy atom. The first-order valence-corrected chi connectivity index (χ1v) is 4.90. The first-order chi connectivity index (χ1) is 7.78. The molecule has 0 unspecified atom stereocenters. The van der Waals surface area contributed by atoms with Gasteiger partial charge in [-0.15, -0.1) is 0 Å². The summed E-state index contributed by atoms with van der Waals surface area (Å²) in [7, 11) is 5.53. The van der Waals surface area contributed by atoms with E-state index in [9.17, 15) is 0 Å². The molecule has 0 amide bonds. The fraction of sp³-hybridized carbons (Fsp3) is 0. The molecule has 0 aliphatic rings. The Labute approximate surface area is 96.0 Å². The minimum atomic E-state index is 0.528. The van der Waals surface area contributed by atoms with Gasteiger partial charge in [-0.3, -0.25) is 0 Å². The van der Waals surface area contributed by atoms with Crippen LogP contribution in [0.2, 0.25) is 0 Å². The lowest BCUT2D eigenvalue weighted by Gasteiger charge is -2.04. The zero-order valence-corrected chi connectivity index (χ0v) is 8.76. The molecule has 1 aromatic carbocycles. The van der Waals surface area contributed by atoms with Crippen molar-refractivity contribution in [2.45, 2.75) is 0 Å². The van der Waals surface area contributed by atoms with E-state index >= 15 is 0 Å². The quantitative estimate of drug-likeness (QED) is 0.720. The molecule has 2 rings (SSSR count). The molecular weight excluding hydrogens is 197 g/mol. The summed E-state index contributed by atoms with van der Waals surface area (Å²) in [6.45, 7) is 3.69. The van der Waals surface area contributed by atoms with Crippen molar-refractivity contribution in [3.8, 4) is 11.6 Å². The first-order valence-electron chi connectivity index (χ1n) is 4.90. The molecular formula is C13H10BNO. The normalized spacial score (nSPS) is 9.75. The molecule has 2 aromatic rings. The number of hydrogen-bond acceptors (Lipinski definition) is 2. The minimum Gasteiger partial charge on any atom is -0.439 e. The molecule has 0 bridgehead atoms. The Kier molecular flexibility index (Phi) is 3.06. The second-order valence-electron chi connectivity index (χ2n) is 3.30. The minimum absolute atomic E-state index is 0.528. The maximum atomic E-state index is 5.53. The third-order valence-electron chi connectivity index (χ3n) is 2.10. The van der Waals surface area contributed by atoms with Crippen LogP contribution in [0.15, 0.2) is 49.2 Å². The van der Waals surface area contributed by atoms with E-state index in [4.69, 9.17) is 12.6 Å². The number of rotatable bonds is 3. The summed E-state index contributed by atoms with van der Waals surface area (Å²) in [5.41, 5.74) is 1.67. The molecule has 76 valence electrons. The Morgan fingerprint density at radius 2 is 1.88 bits per heavy atom. The van der Waals surface area contributed by atoms with Crippen LogP contribution >= 0.6 is 0 Å². The average Bonchev–Trinajstić information content (AvgIpc) is 2.33. The number of nitrogens with zero attached hydrogens (tertiary/aromatic N) is 1. The Balaban J connectivity index is 2.14. The van der Waals surface area contributed by atoms with E-state index in [1.165, 1.54) is 0 Å². The maximum absolute atomic E-state index is 5.53.